The second-order valence-electron chi connectivity index (χ2n) is 8.42. The Hall–Kier alpha value is -3.58. The van der Waals surface area contributed by atoms with Gasteiger partial charge in [-0.2, -0.15) is 23.1 Å². The maximum absolute atomic E-state index is 13.7. The zero-order valence-electron chi connectivity index (χ0n) is 20.2. The Morgan fingerprint density at radius 2 is 2.03 bits per heavy atom. The van der Waals surface area contributed by atoms with E-state index >= 15 is 0 Å². The second-order valence-corrected chi connectivity index (χ2v) is 8.42. The molecular formula is C23H29F3N8O2. The highest BCUT2D eigenvalue weighted by atomic mass is 19.4. The van der Waals surface area contributed by atoms with Crippen molar-refractivity contribution in [1.82, 2.24) is 25.2 Å². The van der Waals surface area contributed by atoms with Gasteiger partial charge >= 0.3 is 6.18 Å². The van der Waals surface area contributed by atoms with Crippen LogP contribution in [0.4, 0.5) is 30.6 Å². The summed E-state index contributed by atoms with van der Waals surface area (Å²) in [5.41, 5.74) is 0.623. The highest BCUT2D eigenvalue weighted by molar-refractivity contribution is 5.92. The molecule has 1 unspecified atom stereocenters. The number of alkyl halides is 3. The number of hydrogen-bond acceptors (Lipinski definition) is 8. The molecule has 4 rings (SSSR count). The molecule has 0 radical (unpaired) electrons. The quantitative estimate of drug-likeness (QED) is 0.167. The Balaban J connectivity index is 1.71. The first-order valence-corrected chi connectivity index (χ1v) is 11.4. The van der Waals surface area contributed by atoms with Gasteiger partial charge in [0.2, 0.25) is 5.95 Å². The molecule has 36 heavy (non-hydrogen) atoms. The summed E-state index contributed by atoms with van der Waals surface area (Å²) in [6.45, 7) is 1.06. The third-order valence-corrected chi connectivity index (χ3v) is 6.07. The van der Waals surface area contributed by atoms with Gasteiger partial charge in [0.15, 0.2) is 0 Å². The maximum atomic E-state index is 13.7. The van der Waals surface area contributed by atoms with Crippen LogP contribution < -0.4 is 20.7 Å². The van der Waals surface area contributed by atoms with Gasteiger partial charge in [0.25, 0.3) is 0 Å². The van der Waals surface area contributed by atoms with Crippen molar-refractivity contribution in [2.75, 3.05) is 45.1 Å². The highest BCUT2D eigenvalue weighted by Crippen LogP contribution is 2.39. The summed E-state index contributed by atoms with van der Waals surface area (Å²) >= 11 is 0. The smallest absolute Gasteiger partial charge is 0.418 e. The number of nitrogens with one attached hydrogen (secondary N) is 5. The molecule has 1 atom stereocenters. The maximum Gasteiger partial charge on any atom is 0.418 e. The van der Waals surface area contributed by atoms with Crippen LogP contribution in [0.2, 0.25) is 0 Å². The van der Waals surface area contributed by atoms with Gasteiger partial charge in [0, 0.05) is 32.5 Å². The van der Waals surface area contributed by atoms with Crippen molar-refractivity contribution in [2.24, 2.45) is 0 Å². The van der Waals surface area contributed by atoms with Crippen LogP contribution in [-0.2, 0) is 10.9 Å². The van der Waals surface area contributed by atoms with E-state index in [0.717, 1.165) is 11.8 Å². The predicted molar refractivity (Wildman–Crippen MR) is 131 cm³/mol. The van der Waals surface area contributed by atoms with Crippen molar-refractivity contribution < 1.29 is 22.6 Å². The number of anilines is 3. The number of fused-ring (bicyclic) bond motifs is 1. The van der Waals surface area contributed by atoms with Crippen LogP contribution in [0.3, 0.4) is 0 Å². The molecule has 5 N–H and O–H groups in total. The van der Waals surface area contributed by atoms with E-state index in [1.165, 1.54) is 13.4 Å². The summed E-state index contributed by atoms with van der Waals surface area (Å²) in [7, 11) is 5.07. The zero-order valence-corrected chi connectivity index (χ0v) is 20.2. The van der Waals surface area contributed by atoms with Crippen molar-refractivity contribution >= 4 is 34.8 Å². The van der Waals surface area contributed by atoms with Crippen LogP contribution >= 0.6 is 0 Å². The van der Waals surface area contributed by atoms with Crippen LogP contribution in [0.1, 0.15) is 30.1 Å². The van der Waals surface area contributed by atoms with Crippen molar-refractivity contribution in [1.29, 1.82) is 5.41 Å². The van der Waals surface area contributed by atoms with Crippen LogP contribution in [-0.4, -0.2) is 66.7 Å². The van der Waals surface area contributed by atoms with Gasteiger partial charge in [-0.15, -0.1) is 0 Å². The molecule has 0 aliphatic carbocycles. The molecule has 1 aliphatic heterocycles. The number of rotatable bonds is 9. The first kappa shape index (κ1) is 25.5. The van der Waals surface area contributed by atoms with E-state index in [1.54, 1.807) is 31.1 Å². The van der Waals surface area contributed by atoms with Crippen molar-refractivity contribution in [3.8, 4) is 5.75 Å². The van der Waals surface area contributed by atoms with Gasteiger partial charge in [-0.25, -0.2) is 0 Å². The monoisotopic (exact) mass is 506 g/mol. The SMILES string of the molecule is CNC(c1ccc(Nc2nc(NC3CCOCC3)c3c(C(F)(F)F)c[nH]c3n2)c(OC)c1)N(C)C=N. The molecule has 13 heteroatoms. The van der Waals surface area contributed by atoms with Crippen LogP contribution in [0.5, 0.6) is 5.75 Å². The molecule has 0 spiro atoms. The molecule has 3 aromatic rings. The first-order valence-electron chi connectivity index (χ1n) is 11.4. The fourth-order valence-electron chi connectivity index (χ4n) is 4.23. The van der Waals surface area contributed by atoms with Crippen molar-refractivity contribution in [3.05, 3.63) is 35.5 Å². The summed E-state index contributed by atoms with van der Waals surface area (Å²) in [6, 6.07) is 5.35. The molecule has 1 fully saturated rings. The minimum Gasteiger partial charge on any atom is -0.495 e. The zero-order chi connectivity index (χ0) is 25.9. The molecule has 0 bridgehead atoms. The topological polar surface area (TPSA) is 123 Å². The fourth-order valence-corrected chi connectivity index (χ4v) is 4.23. The lowest BCUT2D eigenvalue weighted by Crippen LogP contribution is -2.32. The Morgan fingerprint density at radius 1 is 1.28 bits per heavy atom. The normalized spacial score (nSPS) is 15.5. The lowest BCUT2D eigenvalue weighted by molar-refractivity contribution is -0.136. The van der Waals surface area contributed by atoms with E-state index in [9.17, 15) is 13.2 Å². The summed E-state index contributed by atoms with van der Waals surface area (Å²) < 4.78 is 52.0. The van der Waals surface area contributed by atoms with Gasteiger partial charge in [-0.3, -0.25) is 10.7 Å². The van der Waals surface area contributed by atoms with Crippen LogP contribution in [0, 0.1) is 5.41 Å². The molecule has 0 saturated carbocycles. The minimum atomic E-state index is -4.56. The predicted octanol–water partition coefficient (Wildman–Crippen LogP) is 4.08. The van der Waals surface area contributed by atoms with E-state index in [-0.39, 0.29) is 35.0 Å². The third kappa shape index (κ3) is 5.31. The Labute approximate surface area is 206 Å². The van der Waals surface area contributed by atoms with Crippen molar-refractivity contribution in [2.45, 2.75) is 31.2 Å². The van der Waals surface area contributed by atoms with Crippen LogP contribution in [0.25, 0.3) is 11.0 Å². The van der Waals surface area contributed by atoms with Gasteiger partial charge in [0.1, 0.15) is 23.4 Å². The summed E-state index contributed by atoms with van der Waals surface area (Å²) in [5.74, 6) is 0.693. The number of methoxy groups -OCH3 is 1. The Morgan fingerprint density at radius 3 is 2.67 bits per heavy atom. The van der Waals surface area contributed by atoms with E-state index in [2.05, 4.69) is 30.9 Å². The lowest BCUT2D eigenvalue weighted by Gasteiger charge is -2.26. The first-order chi connectivity index (χ1) is 17.2. The average molecular weight is 507 g/mol. The molecule has 0 amide bonds. The van der Waals surface area contributed by atoms with Gasteiger partial charge in [-0.1, -0.05) is 6.07 Å². The summed E-state index contributed by atoms with van der Waals surface area (Å²) in [5, 5.41) is 16.8. The van der Waals surface area contributed by atoms with Gasteiger partial charge in [-0.05, 0) is 37.6 Å². The third-order valence-electron chi connectivity index (χ3n) is 6.07. The number of halogens is 3. The standard InChI is InChI=1S/C23H29F3N8O2/c1-28-21(34(2)12-27)13-4-5-16(17(10-13)35-3)31-22-32-19-18(15(11-29-19)23(24,25)26)20(33-22)30-14-6-8-36-9-7-14/h4-5,10-12,14,21,27-28H,6-9H2,1-3H3,(H3,29,30,31,32,33). The number of aromatic nitrogens is 3. The number of aromatic amines is 1. The molecule has 1 aliphatic rings. The molecule has 2 aromatic heterocycles. The van der Waals surface area contributed by atoms with Crippen LogP contribution in [0.15, 0.2) is 24.4 Å². The molecule has 3 heterocycles. The molecule has 1 aromatic carbocycles. The summed E-state index contributed by atoms with van der Waals surface area (Å²) in [6.07, 6.45) is -1.38. The summed E-state index contributed by atoms with van der Waals surface area (Å²) in [4.78, 5) is 13.1. The van der Waals surface area contributed by atoms with Crippen molar-refractivity contribution in [3.63, 3.8) is 0 Å². The molecule has 10 nitrogen and oxygen atoms in total. The van der Waals surface area contributed by atoms with Gasteiger partial charge in [0.05, 0.1) is 30.1 Å². The largest absolute Gasteiger partial charge is 0.495 e. The molecule has 194 valence electrons. The highest BCUT2D eigenvalue weighted by Gasteiger charge is 2.36. The van der Waals surface area contributed by atoms with E-state index < -0.39 is 11.7 Å². The number of ether oxygens (including phenoxy) is 2. The number of nitrogens with zero attached hydrogens (tertiary/aromatic N) is 3. The fraction of sp³-hybridized carbons (Fsp3) is 0.435. The average Bonchev–Trinajstić information content (AvgIpc) is 3.31. The van der Waals surface area contributed by atoms with Gasteiger partial charge < -0.3 is 30.0 Å². The van der Waals surface area contributed by atoms with E-state index in [4.69, 9.17) is 14.9 Å². The number of hydrogen-bond donors (Lipinski definition) is 5. The lowest BCUT2D eigenvalue weighted by atomic mass is 10.1. The molecule has 1 saturated heterocycles. The van der Waals surface area contributed by atoms with E-state index in [1.807, 2.05) is 6.07 Å². The van der Waals surface area contributed by atoms with E-state index in [0.29, 0.717) is 37.5 Å². The minimum absolute atomic E-state index is 0.0628. The second kappa shape index (κ2) is 10.6. The number of H-pyrrole nitrogens is 1. The number of benzene rings is 1. The molecular weight excluding hydrogens is 477 g/mol. The Bertz CT molecular complexity index is 1210. The Kier molecular flexibility index (Phi) is 7.50.